The second kappa shape index (κ2) is 9.71. The van der Waals surface area contributed by atoms with Crippen LogP contribution in [0.5, 0.6) is 0 Å². The van der Waals surface area contributed by atoms with Crippen LogP contribution in [-0.4, -0.2) is 59.8 Å². The average molecular weight is 427 g/mol. The smallest absolute Gasteiger partial charge is 0.229 e. The second-order valence-corrected chi connectivity index (χ2v) is 7.75. The predicted molar refractivity (Wildman–Crippen MR) is 122 cm³/mol. The number of anilines is 2. The Morgan fingerprint density at radius 2 is 2.26 bits per heavy atom. The van der Waals surface area contributed by atoms with Crippen molar-refractivity contribution < 1.29 is 9.21 Å². The molecular weight excluding hydrogens is 396 g/mol. The molecule has 166 valence electrons. The van der Waals surface area contributed by atoms with Gasteiger partial charge >= 0.3 is 0 Å². The quantitative estimate of drug-likeness (QED) is 0.277. The lowest BCUT2D eigenvalue weighted by molar-refractivity contribution is -0.114. The van der Waals surface area contributed by atoms with Gasteiger partial charge in [0.2, 0.25) is 17.6 Å². The summed E-state index contributed by atoms with van der Waals surface area (Å²) >= 11 is 0. The van der Waals surface area contributed by atoms with E-state index in [4.69, 9.17) is 15.2 Å². The molecule has 10 heteroatoms. The van der Waals surface area contributed by atoms with Crippen molar-refractivity contribution in [1.82, 2.24) is 20.3 Å². The minimum atomic E-state index is -0.202. The molecule has 1 unspecified atom stereocenters. The maximum Gasteiger partial charge on any atom is 0.229 e. The highest BCUT2D eigenvalue weighted by molar-refractivity contribution is 6.01. The molecule has 1 fully saturated rings. The van der Waals surface area contributed by atoms with Crippen molar-refractivity contribution in [3.63, 3.8) is 0 Å². The summed E-state index contributed by atoms with van der Waals surface area (Å²) in [6.07, 6.45) is 5.23. The highest BCUT2D eigenvalue weighted by atomic mass is 16.4. The SMILES string of the molecule is C=CN=C(NN)c1oc(-c2cc(NC(C)=O)ncc2C)nc1N1CCCC(N(C)C)C1. The fourth-order valence-electron chi connectivity index (χ4n) is 3.62. The summed E-state index contributed by atoms with van der Waals surface area (Å²) < 4.78 is 6.17. The number of likely N-dealkylation sites (N-methyl/N-ethyl adjacent to an activating group) is 1. The molecule has 1 amide bonds. The highest BCUT2D eigenvalue weighted by Crippen LogP contribution is 2.32. The Bertz CT molecular complexity index is 982. The topological polar surface area (TPSA) is 125 Å². The lowest BCUT2D eigenvalue weighted by atomic mass is 10.0. The van der Waals surface area contributed by atoms with E-state index in [9.17, 15) is 4.79 Å². The molecule has 2 aromatic heterocycles. The van der Waals surface area contributed by atoms with Crippen LogP contribution in [0.3, 0.4) is 0 Å². The van der Waals surface area contributed by atoms with Crippen LogP contribution in [0.1, 0.15) is 31.1 Å². The molecule has 1 atom stereocenters. The summed E-state index contributed by atoms with van der Waals surface area (Å²) in [5, 5.41) is 2.69. The molecular formula is C21H30N8O2. The molecule has 10 nitrogen and oxygen atoms in total. The van der Waals surface area contributed by atoms with Crippen LogP contribution in [0, 0.1) is 6.92 Å². The van der Waals surface area contributed by atoms with Gasteiger partial charge in [-0.25, -0.2) is 15.8 Å². The van der Waals surface area contributed by atoms with E-state index in [0.29, 0.717) is 35.2 Å². The highest BCUT2D eigenvalue weighted by Gasteiger charge is 2.29. The number of piperidine rings is 1. The Labute approximate surface area is 182 Å². The van der Waals surface area contributed by atoms with Gasteiger partial charge in [-0.2, -0.15) is 4.98 Å². The van der Waals surface area contributed by atoms with Gasteiger partial charge in [0.25, 0.3) is 0 Å². The number of amidine groups is 1. The van der Waals surface area contributed by atoms with E-state index >= 15 is 0 Å². The molecule has 1 saturated heterocycles. The Morgan fingerprint density at radius 3 is 2.90 bits per heavy atom. The molecule has 31 heavy (non-hydrogen) atoms. The fraction of sp³-hybridized carbons (Fsp3) is 0.429. The third kappa shape index (κ3) is 5.09. The van der Waals surface area contributed by atoms with Gasteiger partial charge in [0, 0.05) is 44.0 Å². The molecule has 2 aromatic rings. The number of aliphatic imine (C=N–C) groups is 1. The van der Waals surface area contributed by atoms with Crippen molar-refractivity contribution in [2.45, 2.75) is 32.7 Å². The maximum absolute atomic E-state index is 11.4. The van der Waals surface area contributed by atoms with Crippen molar-refractivity contribution in [3.05, 3.63) is 36.4 Å². The summed E-state index contributed by atoms with van der Waals surface area (Å²) in [7, 11) is 4.17. The molecule has 0 aromatic carbocycles. The number of nitrogens with one attached hydrogen (secondary N) is 2. The number of nitrogens with two attached hydrogens (primary N) is 1. The molecule has 0 bridgehead atoms. The lowest BCUT2D eigenvalue weighted by Gasteiger charge is -2.36. The van der Waals surface area contributed by atoms with E-state index in [2.05, 4.69) is 51.2 Å². The number of amides is 1. The zero-order valence-electron chi connectivity index (χ0n) is 18.5. The van der Waals surface area contributed by atoms with Gasteiger partial charge in [-0.1, -0.05) is 6.58 Å². The van der Waals surface area contributed by atoms with Gasteiger partial charge in [-0.05, 0) is 45.5 Å². The first-order valence-electron chi connectivity index (χ1n) is 10.2. The van der Waals surface area contributed by atoms with E-state index in [1.807, 2.05) is 6.92 Å². The van der Waals surface area contributed by atoms with Gasteiger partial charge in [0.1, 0.15) is 5.82 Å². The summed E-state index contributed by atoms with van der Waals surface area (Å²) in [6.45, 7) is 8.66. The van der Waals surface area contributed by atoms with Crippen molar-refractivity contribution in [2.75, 3.05) is 37.4 Å². The van der Waals surface area contributed by atoms with Gasteiger partial charge in [-0.3, -0.25) is 4.79 Å². The standard InChI is InChI=1S/C21H30N8O2/c1-6-23-19(27-22)18-20(29-9-7-8-15(12-29)28(4)5)26-21(31-18)16-10-17(25-14(3)30)24-11-13(16)2/h6,10-11,15H,1,7-9,12,22H2,2-5H3,(H,23,27)(H,24,25,30). The molecule has 3 heterocycles. The van der Waals surface area contributed by atoms with Crippen LogP contribution < -0.4 is 21.5 Å². The Balaban J connectivity index is 2.09. The van der Waals surface area contributed by atoms with Crippen LogP contribution in [0.25, 0.3) is 11.5 Å². The minimum absolute atomic E-state index is 0.202. The number of rotatable bonds is 6. The van der Waals surface area contributed by atoms with Gasteiger partial charge in [0.15, 0.2) is 11.7 Å². The number of hydrazine groups is 1. The molecule has 1 aliphatic heterocycles. The van der Waals surface area contributed by atoms with Crippen molar-refractivity contribution in [2.24, 2.45) is 10.8 Å². The number of carbonyl (C=O) groups excluding carboxylic acids is 1. The molecule has 0 spiro atoms. The van der Waals surface area contributed by atoms with Crippen LogP contribution in [-0.2, 0) is 4.79 Å². The number of aryl methyl sites for hydroxylation is 1. The average Bonchev–Trinajstić information content (AvgIpc) is 3.18. The summed E-state index contributed by atoms with van der Waals surface area (Å²) in [4.78, 5) is 29.1. The summed E-state index contributed by atoms with van der Waals surface area (Å²) in [5.74, 6) is 7.79. The van der Waals surface area contributed by atoms with E-state index in [1.54, 1.807) is 12.3 Å². The van der Waals surface area contributed by atoms with Crippen molar-refractivity contribution >= 4 is 23.4 Å². The Hall–Kier alpha value is -3.24. The second-order valence-electron chi connectivity index (χ2n) is 7.75. The first-order chi connectivity index (χ1) is 14.8. The van der Waals surface area contributed by atoms with Crippen LogP contribution >= 0.6 is 0 Å². The van der Waals surface area contributed by atoms with E-state index in [0.717, 1.165) is 37.1 Å². The number of hydrogen-bond donors (Lipinski definition) is 3. The number of nitrogens with zero attached hydrogens (tertiary/aromatic N) is 5. The van der Waals surface area contributed by atoms with E-state index < -0.39 is 0 Å². The van der Waals surface area contributed by atoms with Gasteiger partial charge in [0.05, 0.1) is 0 Å². The lowest BCUT2D eigenvalue weighted by Crippen LogP contribution is -2.46. The van der Waals surface area contributed by atoms with Crippen LogP contribution in [0.15, 0.2) is 34.5 Å². The molecule has 1 aliphatic rings. The molecule has 3 rings (SSSR count). The summed E-state index contributed by atoms with van der Waals surface area (Å²) in [5.41, 5.74) is 4.17. The fourth-order valence-corrected chi connectivity index (χ4v) is 3.62. The van der Waals surface area contributed by atoms with Gasteiger partial charge < -0.3 is 25.0 Å². The van der Waals surface area contributed by atoms with Crippen molar-refractivity contribution in [1.29, 1.82) is 0 Å². The monoisotopic (exact) mass is 426 g/mol. The van der Waals surface area contributed by atoms with E-state index in [-0.39, 0.29) is 5.91 Å². The number of pyridine rings is 1. The molecule has 0 aliphatic carbocycles. The first kappa shape index (κ1) is 22.4. The molecule has 0 saturated carbocycles. The van der Waals surface area contributed by atoms with Gasteiger partial charge in [-0.15, -0.1) is 0 Å². The number of carbonyl (C=O) groups is 1. The normalized spacial score (nSPS) is 17.0. The first-order valence-corrected chi connectivity index (χ1v) is 10.2. The molecule has 4 N–H and O–H groups in total. The largest absolute Gasteiger partial charge is 0.430 e. The Morgan fingerprint density at radius 1 is 1.48 bits per heavy atom. The number of oxazole rings is 1. The Kier molecular flexibility index (Phi) is 7.03. The third-order valence-electron chi connectivity index (χ3n) is 5.25. The summed E-state index contributed by atoms with van der Waals surface area (Å²) in [6, 6.07) is 2.15. The van der Waals surface area contributed by atoms with E-state index in [1.165, 1.54) is 13.1 Å². The van der Waals surface area contributed by atoms with Crippen molar-refractivity contribution in [3.8, 4) is 11.5 Å². The third-order valence-corrected chi connectivity index (χ3v) is 5.25. The van der Waals surface area contributed by atoms with Crippen LogP contribution in [0.2, 0.25) is 0 Å². The maximum atomic E-state index is 11.4. The molecule has 0 radical (unpaired) electrons. The van der Waals surface area contributed by atoms with Crippen LogP contribution in [0.4, 0.5) is 11.6 Å². The zero-order valence-corrected chi connectivity index (χ0v) is 18.5. The predicted octanol–water partition coefficient (Wildman–Crippen LogP) is 1.89. The number of aromatic nitrogens is 2. The minimum Gasteiger partial charge on any atom is -0.430 e. The number of hydrogen-bond acceptors (Lipinski definition) is 8. The zero-order chi connectivity index (χ0) is 22.5.